The van der Waals surface area contributed by atoms with Crippen LogP contribution in [-0.4, -0.2) is 22.3 Å². The van der Waals surface area contributed by atoms with Crippen molar-refractivity contribution in [1.29, 1.82) is 0 Å². The van der Waals surface area contributed by atoms with E-state index in [4.69, 9.17) is 5.11 Å². The molecule has 0 aromatic carbocycles. The van der Waals surface area contributed by atoms with Crippen molar-refractivity contribution in [2.75, 3.05) is 0 Å². The molecule has 0 fully saturated rings. The maximum atomic E-state index is 10.3. The maximum absolute atomic E-state index is 10.3. The molecule has 0 bridgehead atoms. The van der Waals surface area contributed by atoms with E-state index in [1.54, 1.807) is 6.08 Å². The molecule has 0 saturated heterocycles. The van der Waals surface area contributed by atoms with Crippen LogP contribution in [0.5, 0.6) is 0 Å². The van der Waals surface area contributed by atoms with Crippen LogP contribution >= 0.6 is 0 Å². The summed E-state index contributed by atoms with van der Waals surface area (Å²) in [7, 11) is 0. The average Bonchev–Trinajstić information content (AvgIpc) is 2.45. The summed E-state index contributed by atoms with van der Waals surface area (Å²) in [5, 5.41) is 18.2. The lowest BCUT2D eigenvalue weighted by Crippen LogP contribution is -1.98. The van der Waals surface area contributed by atoms with E-state index in [2.05, 4.69) is 19.1 Å². The largest absolute Gasteiger partial charge is 0.481 e. The number of aliphatic carboxylic acids is 1. The van der Waals surface area contributed by atoms with Gasteiger partial charge in [-0.05, 0) is 32.1 Å². The molecule has 0 aromatic heterocycles. The molecule has 0 aromatic rings. The van der Waals surface area contributed by atoms with E-state index in [-0.39, 0.29) is 0 Å². The molecular weight excluding hydrogens is 264 g/mol. The van der Waals surface area contributed by atoms with Gasteiger partial charge in [0.05, 0.1) is 6.10 Å². The number of rotatable bonds is 13. The van der Waals surface area contributed by atoms with Crippen molar-refractivity contribution >= 4 is 5.97 Å². The third-order valence-corrected chi connectivity index (χ3v) is 3.12. The quantitative estimate of drug-likeness (QED) is 0.296. The fourth-order valence-corrected chi connectivity index (χ4v) is 1.91. The van der Waals surface area contributed by atoms with Crippen LogP contribution in [0.1, 0.15) is 64.7 Å². The van der Waals surface area contributed by atoms with Crippen LogP contribution in [-0.2, 0) is 4.79 Å². The first-order valence-electron chi connectivity index (χ1n) is 8.05. The van der Waals surface area contributed by atoms with E-state index in [9.17, 15) is 9.90 Å². The van der Waals surface area contributed by atoms with Crippen LogP contribution in [0, 0.1) is 0 Å². The van der Waals surface area contributed by atoms with E-state index >= 15 is 0 Å². The molecule has 2 N–H and O–H groups in total. The molecule has 3 nitrogen and oxygen atoms in total. The molecule has 21 heavy (non-hydrogen) atoms. The molecule has 0 spiro atoms. The Morgan fingerprint density at radius 2 is 1.71 bits per heavy atom. The SMILES string of the molecule is CCC=CC=CC(O)CC=CCCCCCCCC(=O)O. The molecule has 0 heterocycles. The number of hydrogen-bond donors (Lipinski definition) is 2. The normalized spacial score (nSPS) is 13.6. The van der Waals surface area contributed by atoms with Crippen molar-refractivity contribution < 1.29 is 15.0 Å². The predicted molar refractivity (Wildman–Crippen MR) is 88.3 cm³/mol. The molecule has 0 rings (SSSR count). The Kier molecular flexibility index (Phi) is 14.1. The van der Waals surface area contributed by atoms with Crippen LogP contribution < -0.4 is 0 Å². The molecule has 1 atom stereocenters. The fourth-order valence-electron chi connectivity index (χ4n) is 1.91. The molecular formula is C18H30O3. The summed E-state index contributed by atoms with van der Waals surface area (Å²) in [6.07, 6.45) is 19.6. The van der Waals surface area contributed by atoms with Gasteiger partial charge in [-0.3, -0.25) is 4.79 Å². The van der Waals surface area contributed by atoms with Crippen LogP contribution in [0.2, 0.25) is 0 Å². The average molecular weight is 294 g/mol. The van der Waals surface area contributed by atoms with Gasteiger partial charge in [-0.25, -0.2) is 0 Å². The number of aliphatic hydroxyl groups excluding tert-OH is 1. The number of hydrogen-bond acceptors (Lipinski definition) is 2. The highest BCUT2D eigenvalue weighted by molar-refractivity contribution is 5.66. The van der Waals surface area contributed by atoms with E-state index in [0.29, 0.717) is 12.8 Å². The summed E-state index contributed by atoms with van der Waals surface area (Å²) in [6, 6.07) is 0. The Morgan fingerprint density at radius 1 is 1.00 bits per heavy atom. The summed E-state index contributed by atoms with van der Waals surface area (Å²) in [5.41, 5.74) is 0. The molecule has 0 saturated carbocycles. The first kappa shape index (κ1) is 19.7. The minimum atomic E-state index is -0.698. The fraction of sp³-hybridized carbons (Fsp3) is 0.611. The smallest absolute Gasteiger partial charge is 0.303 e. The Bertz CT molecular complexity index is 329. The van der Waals surface area contributed by atoms with Crippen molar-refractivity contribution in [3.05, 3.63) is 36.5 Å². The minimum Gasteiger partial charge on any atom is -0.481 e. The summed E-state index contributed by atoms with van der Waals surface area (Å²) < 4.78 is 0. The van der Waals surface area contributed by atoms with Gasteiger partial charge in [0.15, 0.2) is 0 Å². The second kappa shape index (κ2) is 15.0. The van der Waals surface area contributed by atoms with Crippen molar-refractivity contribution in [3.8, 4) is 0 Å². The second-order valence-electron chi connectivity index (χ2n) is 5.20. The van der Waals surface area contributed by atoms with E-state index in [1.807, 2.05) is 18.2 Å². The number of carbonyl (C=O) groups is 1. The van der Waals surface area contributed by atoms with Gasteiger partial charge in [-0.1, -0.05) is 62.6 Å². The van der Waals surface area contributed by atoms with Gasteiger partial charge < -0.3 is 10.2 Å². The molecule has 0 aliphatic rings. The van der Waals surface area contributed by atoms with Crippen LogP contribution in [0.3, 0.4) is 0 Å². The molecule has 0 amide bonds. The zero-order valence-corrected chi connectivity index (χ0v) is 13.2. The number of allylic oxidation sites excluding steroid dienone is 4. The number of aliphatic hydroxyl groups is 1. The lowest BCUT2D eigenvalue weighted by Gasteiger charge is -2.00. The van der Waals surface area contributed by atoms with Gasteiger partial charge in [0.1, 0.15) is 0 Å². The second-order valence-corrected chi connectivity index (χ2v) is 5.20. The van der Waals surface area contributed by atoms with Crippen LogP contribution in [0.4, 0.5) is 0 Å². The van der Waals surface area contributed by atoms with Crippen molar-refractivity contribution in [1.82, 2.24) is 0 Å². The van der Waals surface area contributed by atoms with E-state index < -0.39 is 12.1 Å². The van der Waals surface area contributed by atoms with Gasteiger partial charge in [0, 0.05) is 6.42 Å². The molecule has 1 unspecified atom stereocenters. The molecule has 0 aliphatic carbocycles. The lowest BCUT2D eigenvalue weighted by atomic mass is 10.1. The first-order valence-corrected chi connectivity index (χ1v) is 8.05. The van der Waals surface area contributed by atoms with Crippen LogP contribution in [0.25, 0.3) is 0 Å². The predicted octanol–water partition coefficient (Wildman–Crippen LogP) is 4.63. The standard InChI is InChI=1S/C18H30O3/c1-2-3-4-11-14-17(19)15-12-9-7-5-6-8-10-13-16-18(20)21/h3-4,9,11-12,14,17,19H,2,5-8,10,13,15-16H2,1H3,(H,20,21). The van der Waals surface area contributed by atoms with Gasteiger partial charge in [-0.15, -0.1) is 0 Å². The van der Waals surface area contributed by atoms with Crippen LogP contribution in [0.15, 0.2) is 36.5 Å². The summed E-state index contributed by atoms with van der Waals surface area (Å²) in [5.74, 6) is -0.698. The first-order chi connectivity index (χ1) is 10.2. The molecule has 120 valence electrons. The third kappa shape index (κ3) is 16.6. The Hall–Kier alpha value is -1.35. The minimum absolute atomic E-state index is 0.290. The van der Waals surface area contributed by atoms with Gasteiger partial charge in [-0.2, -0.15) is 0 Å². The monoisotopic (exact) mass is 294 g/mol. The third-order valence-electron chi connectivity index (χ3n) is 3.12. The van der Waals surface area contributed by atoms with E-state index in [1.165, 1.54) is 0 Å². The zero-order valence-electron chi connectivity index (χ0n) is 13.2. The van der Waals surface area contributed by atoms with E-state index in [0.717, 1.165) is 44.9 Å². The number of carboxylic acids is 1. The Balaban J connectivity index is 3.41. The highest BCUT2D eigenvalue weighted by atomic mass is 16.4. The highest BCUT2D eigenvalue weighted by Crippen LogP contribution is 2.08. The maximum Gasteiger partial charge on any atom is 0.303 e. The van der Waals surface area contributed by atoms with Gasteiger partial charge >= 0.3 is 5.97 Å². The summed E-state index contributed by atoms with van der Waals surface area (Å²) in [4.78, 5) is 10.3. The zero-order chi connectivity index (χ0) is 15.8. The highest BCUT2D eigenvalue weighted by Gasteiger charge is 1.96. The topological polar surface area (TPSA) is 57.5 Å². The van der Waals surface area contributed by atoms with Gasteiger partial charge in [0.25, 0.3) is 0 Å². The Labute approximate surface area is 129 Å². The molecule has 3 heteroatoms. The molecule has 0 aliphatic heterocycles. The van der Waals surface area contributed by atoms with Crippen molar-refractivity contribution in [2.45, 2.75) is 70.8 Å². The Morgan fingerprint density at radius 3 is 2.43 bits per heavy atom. The molecule has 0 radical (unpaired) electrons. The van der Waals surface area contributed by atoms with Crippen molar-refractivity contribution in [3.63, 3.8) is 0 Å². The number of carboxylic acid groups (broad SMARTS) is 1. The van der Waals surface area contributed by atoms with Gasteiger partial charge in [0.2, 0.25) is 0 Å². The summed E-state index contributed by atoms with van der Waals surface area (Å²) >= 11 is 0. The lowest BCUT2D eigenvalue weighted by molar-refractivity contribution is -0.137. The summed E-state index contributed by atoms with van der Waals surface area (Å²) in [6.45, 7) is 2.08. The van der Waals surface area contributed by atoms with Crippen molar-refractivity contribution in [2.24, 2.45) is 0 Å². The number of unbranched alkanes of at least 4 members (excludes halogenated alkanes) is 5.